The molecule has 3 aromatic rings. The van der Waals surface area contributed by atoms with E-state index < -0.39 is 26.6 Å². The van der Waals surface area contributed by atoms with Gasteiger partial charge in [-0.25, -0.2) is 8.42 Å². The minimum absolute atomic E-state index is 0.255. The zero-order valence-corrected chi connectivity index (χ0v) is 18.6. The number of rotatable bonds is 5. The maximum absolute atomic E-state index is 13.1. The lowest BCUT2D eigenvalue weighted by Gasteiger charge is -2.28. The van der Waals surface area contributed by atoms with E-state index in [4.69, 9.17) is 0 Å². The van der Waals surface area contributed by atoms with E-state index in [1.165, 1.54) is 6.07 Å². The van der Waals surface area contributed by atoms with Crippen molar-refractivity contribution < 1.29 is 21.6 Å². The van der Waals surface area contributed by atoms with Gasteiger partial charge in [0.05, 0.1) is 16.9 Å². The van der Waals surface area contributed by atoms with Crippen molar-refractivity contribution in [2.75, 3.05) is 0 Å². The molecular formula is C22H18F3N5O2S. The fourth-order valence-corrected chi connectivity index (χ4v) is 4.69. The van der Waals surface area contributed by atoms with Crippen LogP contribution in [0.5, 0.6) is 0 Å². The predicted molar refractivity (Wildman–Crippen MR) is 116 cm³/mol. The topological polar surface area (TPSA) is 101 Å². The van der Waals surface area contributed by atoms with E-state index in [-0.39, 0.29) is 11.3 Å². The number of pyridine rings is 2. The Bertz CT molecular complexity index is 1480. The standard InChI is InChI=1S/C22H18F3N5O2S/c1-13-9-18-19(28-11-13)16(10-26)20(30(18)14-5-4-6-14)17-8-7-15(12-27-17)33(31,32)29-21(2,3)22(23,24)25/h4-9,11-12,29H,1-3H3. The molecule has 0 unspecified atom stereocenters. The minimum atomic E-state index is -4.79. The van der Waals surface area contributed by atoms with Crippen LogP contribution in [0.25, 0.3) is 28.1 Å². The van der Waals surface area contributed by atoms with Crippen LogP contribution in [0.4, 0.5) is 13.2 Å². The van der Waals surface area contributed by atoms with Gasteiger partial charge >= 0.3 is 6.18 Å². The lowest BCUT2D eigenvalue weighted by atomic mass is 10.1. The Hall–Kier alpha value is -3.49. The number of halogens is 3. The zero-order chi connectivity index (χ0) is 24.2. The number of nitrogens with one attached hydrogen (secondary N) is 1. The summed E-state index contributed by atoms with van der Waals surface area (Å²) in [4.78, 5) is 8.14. The summed E-state index contributed by atoms with van der Waals surface area (Å²) in [5.41, 5.74) is 1.09. The first kappa shape index (κ1) is 22.7. The highest BCUT2D eigenvalue weighted by molar-refractivity contribution is 7.89. The molecule has 3 aromatic heterocycles. The molecule has 3 heterocycles. The van der Waals surface area contributed by atoms with Crippen LogP contribution in [0.2, 0.25) is 0 Å². The summed E-state index contributed by atoms with van der Waals surface area (Å²) in [5, 5.41) is 9.84. The first-order chi connectivity index (χ1) is 15.4. The third-order valence-electron chi connectivity index (χ3n) is 5.23. The quantitative estimate of drug-likeness (QED) is 0.595. The molecule has 4 rings (SSSR count). The molecule has 0 atom stereocenters. The van der Waals surface area contributed by atoms with Gasteiger partial charge in [0.15, 0.2) is 0 Å². The summed E-state index contributed by atoms with van der Waals surface area (Å²) in [7, 11) is -4.51. The van der Waals surface area contributed by atoms with Crippen LogP contribution < -0.4 is 4.72 Å². The van der Waals surface area contributed by atoms with Crippen molar-refractivity contribution in [1.29, 1.82) is 5.26 Å². The largest absolute Gasteiger partial charge is 0.407 e. The van der Waals surface area contributed by atoms with Gasteiger partial charge in [-0.3, -0.25) is 9.97 Å². The van der Waals surface area contributed by atoms with Crippen molar-refractivity contribution in [3.63, 3.8) is 0 Å². The number of alkyl halides is 3. The Morgan fingerprint density at radius 1 is 1.15 bits per heavy atom. The SMILES string of the molecule is Cc1cnc2c(C#N)c(-c3ccc(S(=O)(=O)NC(C)(C)C(F)(F)F)cn3)n(C3=CC=C3)c2c1. The van der Waals surface area contributed by atoms with Gasteiger partial charge in [-0.2, -0.15) is 23.2 Å². The molecule has 0 bridgehead atoms. The third-order valence-corrected chi connectivity index (χ3v) is 6.87. The summed E-state index contributed by atoms with van der Waals surface area (Å²) in [6.07, 6.45) is 3.34. The molecule has 0 spiro atoms. The molecule has 33 heavy (non-hydrogen) atoms. The van der Waals surface area contributed by atoms with Crippen LogP contribution in [0.1, 0.15) is 25.0 Å². The number of hydrogen-bond donors (Lipinski definition) is 1. The zero-order valence-electron chi connectivity index (χ0n) is 17.8. The number of aryl methyl sites for hydroxylation is 1. The lowest BCUT2D eigenvalue weighted by Crippen LogP contribution is -2.54. The van der Waals surface area contributed by atoms with Gasteiger partial charge in [-0.15, -0.1) is 0 Å². The fourth-order valence-electron chi connectivity index (χ4n) is 3.34. The van der Waals surface area contributed by atoms with Crippen molar-refractivity contribution in [3.8, 4) is 17.5 Å². The highest BCUT2D eigenvalue weighted by Gasteiger charge is 2.49. The average molecular weight is 473 g/mol. The number of aromatic nitrogens is 3. The molecule has 0 radical (unpaired) electrons. The van der Waals surface area contributed by atoms with Gasteiger partial charge < -0.3 is 4.57 Å². The van der Waals surface area contributed by atoms with E-state index >= 15 is 0 Å². The van der Waals surface area contributed by atoms with Crippen molar-refractivity contribution >= 4 is 26.8 Å². The molecule has 0 saturated carbocycles. The van der Waals surface area contributed by atoms with Crippen LogP contribution in [-0.2, 0) is 10.0 Å². The molecule has 0 aliphatic heterocycles. The van der Waals surface area contributed by atoms with Crippen molar-refractivity contribution in [1.82, 2.24) is 19.3 Å². The molecule has 0 amide bonds. The summed E-state index contributed by atoms with van der Waals surface area (Å²) in [6, 6.07) is 6.53. The van der Waals surface area contributed by atoms with E-state index in [1.807, 2.05) is 31.2 Å². The van der Waals surface area contributed by atoms with E-state index in [1.54, 1.807) is 15.5 Å². The van der Waals surface area contributed by atoms with Gasteiger partial charge in [0.1, 0.15) is 27.6 Å². The molecule has 170 valence electrons. The third kappa shape index (κ3) is 3.81. The Balaban J connectivity index is 1.82. The molecule has 0 saturated heterocycles. The average Bonchev–Trinajstić information content (AvgIpc) is 2.98. The second-order valence-electron chi connectivity index (χ2n) is 8.11. The maximum Gasteiger partial charge on any atom is 0.407 e. The smallest absolute Gasteiger partial charge is 0.305 e. The highest BCUT2D eigenvalue weighted by Crippen LogP contribution is 2.36. The molecule has 0 aromatic carbocycles. The van der Waals surface area contributed by atoms with Crippen LogP contribution in [0, 0.1) is 18.3 Å². The number of allylic oxidation sites excluding steroid dienone is 4. The van der Waals surface area contributed by atoms with Gasteiger partial charge in [0.25, 0.3) is 0 Å². The van der Waals surface area contributed by atoms with Crippen molar-refractivity contribution in [3.05, 3.63) is 59.9 Å². The van der Waals surface area contributed by atoms with Crippen LogP contribution in [0.3, 0.4) is 0 Å². The molecular weight excluding hydrogens is 455 g/mol. The molecule has 1 N–H and O–H groups in total. The summed E-state index contributed by atoms with van der Waals surface area (Å²) >= 11 is 0. The highest BCUT2D eigenvalue weighted by atomic mass is 32.2. The lowest BCUT2D eigenvalue weighted by molar-refractivity contribution is -0.180. The minimum Gasteiger partial charge on any atom is -0.305 e. The fraction of sp³-hybridized carbons (Fsp3) is 0.227. The van der Waals surface area contributed by atoms with Crippen LogP contribution in [-0.4, -0.2) is 34.7 Å². The Labute approximate surface area is 187 Å². The van der Waals surface area contributed by atoms with Crippen LogP contribution in [0.15, 0.2) is 53.7 Å². The van der Waals surface area contributed by atoms with E-state index in [0.29, 0.717) is 16.7 Å². The summed E-state index contributed by atoms with van der Waals surface area (Å²) in [5.74, 6) is 0. The van der Waals surface area contributed by atoms with Crippen molar-refractivity contribution in [2.45, 2.75) is 37.4 Å². The van der Waals surface area contributed by atoms with Gasteiger partial charge in [0.2, 0.25) is 10.0 Å². The predicted octanol–water partition coefficient (Wildman–Crippen LogP) is 4.31. The molecule has 1 aliphatic carbocycles. The Kier molecular flexibility index (Phi) is 5.18. The normalized spacial score (nSPS) is 14.2. The summed E-state index contributed by atoms with van der Waals surface area (Å²) in [6.45, 7) is 3.34. The van der Waals surface area contributed by atoms with Gasteiger partial charge in [0, 0.05) is 18.1 Å². The van der Waals surface area contributed by atoms with Crippen molar-refractivity contribution in [2.24, 2.45) is 0 Å². The number of hydrogen-bond acceptors (Lipinski definition) is 5. The van der Waals surface area contributed by atoms with E-state index in [9.17, 15) is 26.9 Å². The van der Waals surface area contributed by atoms with E-state index in [2.05, 4.69) is 16.0 Å². The monoisotopic (exact) mass is 473 g/mol. The first-order valence-electron chi connectivity index (χ1n) is 9.73. The molecule has 0 fully saturated rings. The second kappa shape index (κ2) is 7.54. The first-order valence-corrected chi connectivity index (χ1v) is 11.2. The van der Waals surface area contributed by atoms with Gasteiger partial charge in [-0.05, 0) is 56.7 Å². The number of sulfonamides is 1. The summed E-state index contributed by atoms with van der Waals surface area (Å²) < 4.78 is 68.0. The number of nitrogens with zero attached hydrogens (tertiary/aromatic N) is 4. The molecule has 11 heteroatoms. The second-order valence-corrected chi connectivity index (χ2v) is 9.79. The van der Waals surface area contributed by atoms with E-state index in [0.717, 1.165) is 37.4 Å². The molecule has 7 nitrogen and oxygen atoms in total. The number of nitriles is 1. The molecule has 1 aliphatic rings. The van der Waals surface area contributed by atoms with Crippen LogP contribution >= 0.6 is 0 Å². The Morgan fingerprint density at radius 2 is 1.85 bits per heavy atom. The van der Waals surface area contributed by atoms with Gasteiger partial charge in [-0.1, -0.05) is 6.08 Å². The Morgan fingerprint density at radius 3 is 2.36 bits per heavy atom. The maximum atomic E-state index is 13.1. The number of fused-ring (bicyclic) bond motifs is 1.